The predicted molar refractivity (Wildman–Crippen MR) is 81.2 cm³/mol. The summed E-state index contributed by atoms with van der Waals surface area (Å²) in [5.41, 5.74) is 6.96. The minimum Gasteiger partial charge on any atom is -0.482 e. The predicted octanol–water partition coefficient (Wildman–Crippen LogP) is 3.20. The molecule has 0 radical (unpaired) electrons. The Labute approximate surface area is 127 Å². The number of benzene rings is 2. The summed E-state index contributed by atoms with van der Waals surface area (Å²) in [5, 5.41) is 11.2. The molecule has 0 aliphatic heterocycles. The van der Waals surface area contributed by atoms with E-state index >= 15 is 0 Å². The average molecular weight is 304 g/mol. The molecule has 0 heterocycles. The van der Waals surface area contributed by atoms with Gasteiger partial charge in [-0.15, -0.1) is 0 Å². The summed E-state index contributed by atoms with van der Waals surface area (Å²) in [5.74, 6) is -0.134. The highest BCUT2D eigenvalue weighted by molar-refractivity contribution is 5.48. The Bertz CT molecular complexity index is 644. The third-order valence-electron chi connectivity index (χ3n) is 3.20. The zero-order valence-electron chi connectivity index (χ0n) is 12.0. The topological polar surface area (TPSA) is 78.4 Å². The second-order valence-electron chi connectivity index (χ2n) is 4.87. The number of nitro groups is 1. The van der Waals surface area contributed by atoms with E-state index in [1.807, 2.05) is 0 Å². The summed E-state index contributed by atoms with van der Waals surface area (Å²) in [6.45, 7) is 0.680. The zero-order chi connectivity index (χ0) is 15.9. The smallest absolute Gasteiger partial charge is 0.311 e. The van der Waals surface area contributed by atoms with Crippen LogP contribution in [-0.4, -0.2) is 11.5 Å². The summed E-state index contributed by atoms with van der Waals surface area (Å²) in [6.07, 6.45) is 1.46. The Morgan fingerprint density at radius 1 is 1.14 bits per heavy atom. The Balaban J connectivity index is 2.12. The van der Waals surface area contributed by atoms with Crippen LogP contribution in [0.15, 0.2) is 42.5 Å². The highest BCUT2D eigenvalue weighted by Crippen LogP contribution is 2.29. The third-order valence-corrected chi connectivity index (χ3v) is 3.20. The second kappa shape index (κ2) is 7.51. The number of halogens is 1. The third kappa shape index (κ3) is 4.26. The maximum atomic E-state index is 12.8. The van der Waals surface area contributed by atoms with Crippen molar-refractivity contribution in [3.05, 3.63) is 69.5 Å². The minimum atomic E-state index is -0.466. The molecule has 0 amide bonds. The maximum absolute atomic E-state index is 12.8. The van der Waals surface area contributed by atoms with Gasteiger partial charge in [0, 0.05) is 6.07 Å². The molecule has 2 aromatic carbocycles. The highest BCUT2D eigenvalue weighted by atomic mass is 19.1. The molecule has 0 spiro atoms. The van der Waals surface area contributed by atoms with Crippen LogP contribution in [0.1, 0.15) is 17.5 Å². The maximum Gasteiger partial charge on any atom is 0.311 e. The van der Waals surface area contributed by atoms with Crippen molar-refractivity contribution in [2.75, 3.05) is 6.54 Å². The van der Waals surface area contributed by atoms with Crippen molar-refractivity contribution in [2.24, 2.45) is 5.73 Å². The molecule has 116 valence electrons. The molecule has 5 nitrogen and oxygen atoms in total. The van der Waals surface area contributed by atoms with Gasteiger partial charge in [0.2, 0.25) is 0 Å². The van der Waals surface area contributed by atoms with Crippen molar-refractivity contribution in [3.63, 3.8) is 0 Å². The fourth-order valence-electron chi connectivity index (χ4n) is 2.03. The first-order valence-electron chi connectivity index (χ1n) is 6.95. The summed E-state index contributed by atoms with van der Waals surface area (Å²) in [7, 11) is 0. The van der Waals surface area contributed by atoms with E-state index in [4.69, 9.17) is 10.5 Å². The number of nitrogens with two attached hydrogens (primary N) is 1. The monoisotopic (exact) mass is 304 g/mol. The molecule has 0 bridgehead atoms. The van der Waals surface area contributed by atoms with E-state index in [0.29, 0.717) is 13.0 Å². The highest BCUT2D eigenvalue weighted by Gasteiger charge is 2.16. The van der Waals surface area contributed by atoms with Gasteiger partial charge in [-0.05, 0) is 48.7 Å². The molecule has 0 saturated carbocycles. The van der Waals surface area contributed by atoms with Gasteiger partial charge < -0.3 is 10.5 Å². The van der Waals surface area contributed by atoms with Crippen molar-refractivity contribution >= 4 is 5.69 Å². The minimum absolute atomic E-state index is 0.0726. The molecule has 2 N–H and O–H groups in total. The van der Waals surface area contributed by atoms with Crippen LogP contribution in [0.5, 0.6) is 5.75 Å². The number of hydrogen-bond acceptors (Lipinski definition) is 4. The van der Waals surface area contributed by atoms with E-state index in [2.05, 4.69) is 0 Å². The molecule has 0 aromatic heterocycles. The van der Waals surface area contributed by atoms with Gasteiger partial charge in [0.15, 0.2) is 5.75 Å². The molecule has 0 aliphatic carbocycles. The van der Waals surface area contributed by atoms with Crippen LogP contribution in [0, 0.1) is 15.9 Å². The lowest BCUT2D eigenvalue weighted by Gasteiger charge is -2.08. The summed E-state index contributed by atoms with van der Waals surface area (Å²) in [4.78, 5) is 10.7. The Kier molecular flexibility index (Phi) is 5.43. The molecular formula is C16H17FN2O3. The number of aryl methyl sites for hydroxylation is 1. The normalized spacial score (nSPS) is 10.5. The molecule has 0 fully saturated rings. The largest absolute Gasteiger partial charge is 0.482 e. The van der Waals surface area contributed by atoms with E-state index in [1.54, 1.807) is 24.3 Å². The fourth-order valence-corrected chi connectivity index (χ4v) is 2.03. The Morgan fingerprint density at radius 2 is 1.82 bits per heavy atom. The van der Waals surface area contributed by atoms with Crippen molar-refractivity contribution in [2.45, 2.75) is 19.4 Å². The van der Waals surface area contributed by atoms with Gasteiger partial charge in [-0.25, -0.2) is 4.39 Å². The Morgan fingerprint density at radius 3 is 2.45 bits per heavy atom. The average Bonchev–Trinajstić information content (AvgIpc) is 2.52. The van der Waals surface area contributed by atoms with Crippen LogP contribution < -0.4 is 10.5 Å². The Hall–Kier alpha value is -2.47. The van der Waals surface area contributed by atoms with Crippen LogP contribution in [-0.2, 0) is 13.0 Å². The van der Waals surface area contributed by atoms with E-state index in [0.717, 1.165) is 17.5 Å². The molecule has 2 aromatic rings. The van der Waals surface area contributed by atoms with Crippen LogP contribution >= 0.6 is 0 Å². The summed E-state index contributed by atoms with van der Waals surface area (Å²) < 4.78 is 18.3. The standard InChI is InChI=1S/C16H17FN2O3/c17-14-6-3-13(4-7-14)11-22-16-8-5-12(2-1-9-18)10-15(16)19(20)21/h3-8,10H,1-2,9,11,18H2. The van der Waals surface area contributed by atoms with Crippen LogP contribution in [0.2, 0.25) is 0 Å². The van der Waals surface area contributed by atoms with Crippen molar-refractivity contribution in [1.29, 1.82) is 0 Å². The van der Waals surface area contributed by atoms with E-state index in [9.17, 15) is 14.5 Å². The van der Waals surface area contributed by atoms with Crippen molar-refractivity contribution in [3.8, 4) is 5.75 Å². The van der Waals surface area contributed by atoms with Gasteiger partial charge in [0.05, 0.1) is 4.92 Å². The number of nitro benzene ring substituents is 1. The zero-order valence-corrected chi connectivity index (χ0v) is 12.0. The molecule has 0 aliphatic rings. The lowest BCUT2D eigenvalue weighted by atomic mass is 10.1. The fraction of sp³-hybridized carbons (Fsp3) is 0.250. The SMILES string of the molecule is NCCCc1ccc(OCc2ccc(F)cc2)c([N+](=O)[O-])c1. The van der Waals surface area contributed by atoms with E-state index < -0.39 is 4.92 Å². The van der Waals surface area contributed by atoms with Crippen molar-refractivity contribution in [1.82, 2.24) is 0 Å². The van der Waals surface area contributed by atoms with Gasteiger partial charge >= 0.3 is 5.69 Å². The molecule has 6 heteroatoms. The molecular weight excluding hydrogens is 287 g/mol. The summed E-state index contributed by atoms with van der Waals surface area (Å²) in [6, 6.07) is 10.7. The van der Waals surface area contributed by atoms with Gasteiger partial charge in [-0.1, -0.05) is 18.2 Å². The molecule has 22 heavy (non-hydrogen) atoms. The van der Waals surface area contributed by atoms with Gasteiger partial charge in [-0.2, -0.15) is 0 Å². The first-order valence-corrected chi connectivity index (χ1v) is 6.95. The number of rotatable bonds is 7. The van der Waals surface area contributed by atoms with Gasteiger partial charge in [0.1, 0.15) is 12.4 Å². The van der Waals surface area contributed by atoms with Crippen LogP contribution in [0.3, 0.4) is 0 Å². The first kappa shape index (κ1) is 15.9. The number of ether oxygens (including phenoxy) is 1. The number of nitrogens with zero attached hydrogens (tertiary/aromatic N) is 1. The molecule has 2 rings (SSSR count). The van der Waals surface area contributed by atoms with E-state index in [1.165, 1.54) is 18.2 Å². The molecule has 0 saturated heterocycles. The van der Waals surface area contributed by atoms with Crippen molar-refractivity contribution < 1.29 is 14.1 Å². The molecule has 0 unspecified atom stereocenters. The quantitative estimate of drug-likeness (QED) is 0.629. The van der Waals surface area contributed by atoms with Gasteiger partial charge in [0.25, 0.3) is 0 Å². The van der Waals surface area contributed by atoms with Gasteiger partial charge in [-0.3, -0.25) is 10.1 Å². The number of hydrogen-bond donors (Lipinski definition) is 1. The molecule has 0 atom stereocenters. The van der Waals surface area contributed by atoms with E-state index in [-0.39, 0.29) is 23.9 Å². The van der Waals surface area contributed by atoms with Crippen LogP contribution in [0.25, 0.3) is 0 Å². The lowest BCUT2D eigenvalue weighted by molar-refractivity contribution is -0.386. The van der Waals surface area contributed by atoms with Crippen LogP contribution in [0.4, 0.5) is 10.1 Å². The summed E-state index contributed by atoms with van der Waals surface area (Å²) >= 11 is 0. The second-order valence-corrected chi connectivity index (χ2v) is 4.87. The lowest BCUT2D eigenvalue weighted by Crippen LogP contribution is -2.02. The first-order chi connectivity index (χ1) is 10.6.